The van der Waals surface area contributed by atoms with Gasteiger partial charge in [0.05, 0.1) is 6.61 Å². The summed E-state index contributed by atoms with van der Waals surface area (Å²) in [6.45, 7) is 6.42. The third kappa shape index (κ3) is 3.03. The zero-order chi connectivity index (χ0) is 12.1. The van der Waals surface area contributed by atoms with Crippen LogP contribution in [0.3, 0.4) is 0 Å². The van der Waals surface area contributed by atoms with Crippen LogP contribution in [0, 0.1) is 6.92 Å². The quantitative estimate of drug-likeness (QED) is 0.852. The fourth-order valence-electron chi connectivity index (χ4n) is 2.37. The lowest BCUT2D eigenvalue weighted by atomic mass is 10.0. The van der Waals surface area contributed by atoms with Crippen LogP contribution >= 0.6 is 0 Å². The number of nitrogens with zero attached hydrogens (tertiary/aromatic N) is 2. The SMILES string of the molecule is Cc1ccncc1C(CN)N1CCCOCC1. The minimum absolute atomic E-state index is 0.269. The number of nitrogens with two attached hydrogens (primary N) is 1. The number of hydrogen-bond acceptors (Lipinski definition) is 4. The first-order chi connectivity index (χ1) is 8.33. The smallest absolute Gasteiger partial charge is 0.0593 e. The van der Waals surface area contributed by atoms with Crippen molar-refractivity contribution in [1.29, 1.82) is 0 Å². The highest BCUT2D eigenvalue weighted by atomic mass is 16.5. The molecule has 0 bridgehead atoms. The average Bonchev–Trinajstić information content (AvgIpc) is 2.62. The van der Waals surface area contributed by atoms with Gasteiger partial charge in [-0.25, -0.2) is 0 Å². The van der Waals surface area contributed by atoms with Crippen molar-refractivity contribution in [3.05, 3.63) is 29.6 Å². The Bertz CT molecular complexity index is 348. The largest absolute Gasteiger partial charge is 0.380 e. The van der Waals surface area contributed by atoms with Gasteiger partial charge in [-0.3, -0.25) is 9.88 Å². The molecule has 0 spiro atoms. The van der Waals surface area contributed by atoms with E-state index in [4.69, 9.17) is 10.5 Å². The third-order valence-corrected chi connectivity index (χ3v) is 3.36. The van der Waals surface area contributed by atoms with Crippen molar-refractivity contribution in [2.75, 3.05) is 32.8 Å². The Labute approximate surface area is 103 Å². The van der Waals surface area contributed by atoms with Crippen LogP contribution < -0.4 is 5.73 Å². The molecule has 1 aliphatic rings. The van der Waals surface area contributed by atoms with E-state index in [0.29, 0.717) is 6.54 Å². The second-order valence-corrected chi connectivity index (χ2v) is 4.49. The summed E-state index contributed by atoms with van der Waals surface area (Å²) in [6, 6.07) is 2.32. The van der Waals surface area contributed by atoms with Crippen LogP contribution in [-0.2, 0) is 4.74 Å². The fourth-order valence-corrected chi connectivity index (χ4v) is 2.37. The van der Waals surface area contributed by atoms with Crippen LogP contribution in [0.15, 0.2) is 18.5 Å². The molecule has 1 aliphatic heterocycles. The van der Waals surface area contributed by atoms with Crippen molar-refractivity contribution in [3.63, 3.8) is 0 Å². The Morgan fingerprint density at radius 2 is 2.35 bits per heavy atom. The minimum Gasteiger partial charge on any atom is -0.380 e. The van der Waals surface area contributed by atoms with Crippen molar-refractivity contribution in [2.45, 2.75) is 19.4 Å². The molecule has 1 unspecified atom stereocenters. The topological polar surface area (TPSA) is 51.4 Å². The van der Waals surface area contributed by atoms with Gasteiger partial charge < -0.3 is 10.5 Å². The molecule has 0 aromatic carbocycles. The van der Waals surface area contributed by atoms with Gasteiger partial charge in [0.2, 0.25) is 0 Å². The van der Waals surface area contributed by atoms with Crippen molar-refractivity contribution >= 4 is 0 Å². The van der Waals surface area contributed by atoms with Crippen LogP contribution in [0.5, 0.6) is 0 Å². The molecule has 4 nitrogen and oxygen atoms in total. The lowest BCUT2D eigenvalue weighted by Gasteiger charge is -2.30. The monoisotopic (exact) mass is 235 g/mol. The van der Waals surface area contributed by atoms with E-state index in [1.54, 1.807) is 0 Å². The molecule has 2 N–H and O–H groups in total. The molecule has 94 valence electrons. The molecule has 0 aliphatic carbocycles. The van der Waals surface area contributed by atoms with Gasteiger partial charge in [0.25, 0.3) is 0 Å². The average molecular weight is 235 g/mol. The first-order valence-corrected chi connectivity index (χ1v) is 6.25. The first-order valence-electron chi connectivity index (χ1n) is 6.25. The highest BCUT2D eigenvalue weighted by molar-refractivity contribution is 5.25. The molecule has 4 heteroatoms. The Kier molecular flexibility index (Phi) is 4.48. The molecule has 0 amide bonds. The maximum atomic E-state index is 5.95. The number of hydrogen-bond donors (Lipinski definition) is 1. The second-order valence-electron chi connectivity index (χ2n) is 4.49. The third-order valence-electron chi connectivity index (χ3n) is 3.36. The molecule has 2 heterocycles. The maximum Gasteiger partial charge on any atom is 0.0593 e. The molecule has 1 aromatic rings. The van der Waals surface area contributed by atoms with Gasteiger partial charge in [-0.2, -0.15) is 0 Å². The Morgan fingerprint density at radius 3 is 3.12 bits per heavy atom. The predicted octanol–water partition coefficient (Wildman–Crippen LogP) is 1.11. The van der Waals surface area contributed by atoms with Crippen molar-refractivity contribution < 1.29 is 4.74 Å². The van der Waals surface area contributed by atoms with Crippen molar-refractivity contribution in [3.8, 4) is 0 Å². The Morgan fingerprint density at radius 1 is 1.47 bits per heavy atom. The van der Waals surface area contributed by atoms with Gasteiger partial charge >= 0.3 is 0 Å². The summed E-state index contributed by atoms with van der Waals surface area (Å²) in [6.07, 6.45) is 4.85. The summed E-state index contributed by atoms with van der Waals surface area (Å²) in [5.74, 6) is 0. The molecule has 0 saturated carbocycles. The van der Waals surface area contributed by atoms with Gasteiger partial charge in [0, 0.05) is 44.7 Å². The Hall–Kier alpha value is -0.970. The van der Waals surface area contributed by atoms with Gasteiger partial charge in [-0.05, 0) is 30.5 Å². The summed E-state index contributed by atoms with van der Waals surface area (Å²) in [5.41, 5.74) is 8.46. The van der Waals surface area contributed by atoms with Crippen LogP contribution in [-0.4, -0.2) is 42.7 Å². The molecular weight excluding hydrogens is 214 g/mol. The highest BCUT2D eigenvalue weighted by Crippen LogP contribution is 2.22. The van der Waals surface area contributed by atoms with Crippen molar-refractivity contribution in [2.24, 2.45) is 5.73 Å². The zero-order valence-electron chi connectivity index (χ0n) is 10.4. The van der Waals surface area contributed by atoms with Crippen LogP contribution in [0.4, 0.5) is 0 Å². The van der Waals surface area contributed by atoms with Crippen LogP contribution in [0.25, 0.3) is 0 Å². The first kappa shape index (κ1) is 12.5. The lowest BCUT2D eigenvalue weighted by Crippen LogP contribution is -2.36. The molecule has 1 aromatic heterocycles. The van der Waals surface area contributed by atoms with Gasteiger partial charge in [0.15, 0.2) is 0 Å². The molecule has 1 fully saturated rings. The highest BCUT2D eigenvalue weighted by Gasteiger charge is 2.21. The van der Waals surface area contributed by atoms with E-state index < -0.39 is 0 Å². The molecule has 0 radical (unpaired) electrons. The molecule has 1 saturated heterocycles. The van der Waals surface area contributed by atoms with E-state index in [0.717, 1.165) is 32.7 Å². The van der Waals surface area contributed by atoms with E-state index in [2.05, 4.69) is 16.8 Å². The molecule has 17 heavy (non-hydrogen) atoms. The summed E-state index contributed by atoms with van der Waals surface area (Å²) < 4.78 is 5.49. The summed E-state index contributed by atoms with van der Waals surface area (Å²) >= 11 is 0. The maximum absolute atomic E-state index is 5.95. The Balaban J connectivity index is 2.17. The van der Waals surface area contributed by atoms with E-state index in [1.165, 1.54) is 11.1 Å². The van der Waals surface area contributed by atoms with E-state index in [-0.39, 0.29) is 6.04 Å². The second kappa shape index (κ2) is 6.10. The van der Waals surface area contributed by atoms with Gasteiger partial charge in [-0.15, -0.1) is 0 Å². The summed E-state index contributed by atoms with van der Waals surface area (Å²) in [4.78, 5) is 6.63. The normalized spacial score (nSPS) is 19.9. The minimum atomic E-state index is 0.269. The van der Waals surface area contributed by atoms with E-state index in [1.807, 2.05) is 18.5 Å². The standard InChI is InChI=1S/C13H21N3O/c1-11-3-4-15-10-12(11)13(9-14)16-5-2-7-17-8-6-16/h3-4,10,13H,2,5-9,14H2,1H3. The van der Waals surface area contributed by atoms with Crippen molar-refractivity contribution in [1.82, 2.24) is 9.88 Å². The number of ether oxygens (including phenoxy) is 1. The van der Waals surface area contributed by atoms with Gasteiger partial charge in [-0.1, -0.05) is 0 Å². The summed E-state index contributed by atoms with van der Waals surface area (Å²) in [5, 5.41) is 0. The predicted molar refractivity (Wildman–Crippen MR) is 67.8 cm³/mol. The number of rotatable bonds is 3. The van der Waals surface area contributed by atoms with Crippen LogP contribution in [0.2, 0.25) is 0 Å². The number of aryl methyl sites for hydroxylation is 1. The van der Waals surface area contributed by atoms with Gasteiger partial charge in [0.1, 0.15) is 0 Å². The molecule has 1 atom stereocenters. The molecule has 2 rings (SSSR count). The summed E-state index contributed by atoms with van der Waals surface area (Å²) in [7, 11) is 0. The number of pyridine rings is 1. The van der Waals surface area contributed by atoms with E-state index in [9.17, 15) is 0 Å². The lowest BCUT2D eigenvalue weighted by molar-refractivity contribution is 0.132. The number of aromatic nitrogens is 1. The zero-order valence-corrected chi connectivity index (χ0v) is 10.4. The fraction of sp³-hybridized carbons (Fsp3) is 0.615. The molecular formula is C13H21N3O. The van der Waals surface area contributed by atoms with Crippen LogP contribution in [0.1, 0.15) is 23.6 Å². The van der Waals surface area contributed by atoms with E-state index >= 15 is 0 Å².